The van der Waals surface area contributed by atoms with Crippen LogP contribution in [0.15, 0.2) is 66.7 Å². The summed E-state index contributed by atoms with van der Waals surface area (Å²) < 4.78 is 102. The van der Waals surface area contributed by atoms with Crippen LogP contribution in [0.2, 0.25) is 0 Å². The van der Waals surface area contributed by atoms with Crippen molar-refractivity contribution < 1.29 is 139 Å². The molecule has 12 rings (SSSR count). The molecule has 36 heteroatoms. The first kappa shape index (κ1) is 100. The van der Waals surface area contributed by atoms with Crippen LogP contribution in [0.5, 0.6) is 17.2 Å². The molecule has 8 aliphatic rings. The van der Waals surface area contributed by atoms with Gasteiger partial charge in [0.2, 0.25) is 35.3 Å². The number of carbonyl (C=O) groups is 8. The highest BCUT2D eigenvalue weighted by Gasteiger charge is 2.56. The van der Waals surface area contributed by atoms with Crippen molar-refractivity contribution in [3.63, 3.8) is 0 Å². The van der Waals surface area contributed by atoms with Crippen molar-refractivity contribution in [3.05, 3.63) is 117 Å². The van der Waals surface area contributed by atoms with Crippen molar-refractivity contribution in [1.29, 1.82) is 0 Å². The number of unbranched alkanes of at least 4 members (excludes halogenated alkanes) is 1. The maximum Gasteiger partial charge on any atom is 0.252 e. The van der Waals surface area contributed by atoms with E-state index in [2.05, 4.69) is 38.0 Å². The molecule has 0 aromatic heterocycles. The monoisotopic (exact) mass is 1820 g/mol. The molecule has 6 amide bonds. The third kappa shape index (κ3) is 27.5. The summed E-state index contributed by atoms with van der Waals surface area (Å²) in [5.41, 5.74) is -0.779. The number of aliphatic hydroxyl groups is 1. The number of hydrogen-bond acceptors (Lipinski definition) is 30. The first-order valence-corrected chi connectivity index (χ1v) is 45.5. The number of rotatable bonds is 54. The zero-order chi connectivity index (χ0) is 91.6. The summed E-state index contributed by atoms with van der Waals surface area (Å²) in [6.45, 7) is 12.6. The number of piperidine rings is 1. The Hall–Kier alpha value is -8.76. The standard InChI is InChI=1S/C94H129N7O29/c1-63-87-72(100-33-35-127-91(115-4)90(100)130-87)58-78(128-63)129-74-60-94(112,59-69-80(74)86(108)82-81(84(69)106)83(105)68-15-11-17-73(114-3)79(68)85(82)107)92(111)96-30-29-95-89(110)70(61-97-75(102)24-34-116-38-39-118-42-43-120-46-47-122-50-51-124-54-55-126-57-56-125-53-52-123-49-48-121-45-44-119-41-40-117-37-36-113-2)98-88(109)66-22-25-93(26-23-66)27-31-99(32-28-93)76(103)18-9-10-19-77(104)101-62-67-14-6-5-12-64(67)20-21-65-13-7-8-16-71(65)101/h5-8,11-17,63,66,70,72,74,78,87,90-91,106,108,112H,9-10,18-19,22-62H2,1-4H3,(H,95,110)(H,96,111)(H,97,102)(H,98,109)/t63-,70-,72-,74-,78-,87+,90+,91-,94-/m0/s1. The van der Waals surface area contributed by atoms with Crippen molar-refractivity contribution in [2.24, 2.45) is 11.3 Å². The highest BCUT2D eigenvalue weighted by Crippen LogP contribution is 2.54. The predicted molar refractivity (Wildman–Crippen MR) is 467 cm³/mol. The molecule has 0 bridgehead atoms. The van der Waals surface area contributed by atoms with E-state index >= 15 is 0 Å². The Bertz CT molecular complexity index is 4430. The second kappa shape index (κ2) is 51.5. The molecule has 5 fully saturated rings. The summed E-state index contributed by atoms with van der Waals surface area (Å²) in [5, 5.41) is 48.5. The van der Waals surface area contributed by atoms with Crippen LogP contribution in [0.3, 0.4) is 0 Å². The van der Waals surface area contributed by atoms with Crippen LogP contribution in [0.1, 0.15) is 156 Å². The Morgan fingerprint density at radius 3 is 1.74 bits per heavy atom. The van der Waals surface area contributed by atoms with Crippen LogP contribution in [-0.2, 0) is 122 Å². The summed E-state index contributed by atoms with van der Waals surface area (Å²) >= 11 is 0. The quantitative estimate of drug-likeness (QED) is 0.0160. The molecule has 4 aromatic rings. The molecule has 9 atom stereocenters. The zero-order valence-corrected chi connectivity index (χ0v) is 75.2. The minimum absolute atomic E-state index is 0.0173. The van der Waals surface area contributed by atoms with Crippen LogP contribution in [0, 0.1) is 23.2 Å². The molecule has 7 N–H and O–H groups in total. The van der Waals surface area contributed by atoms with Crippen molar-refractivity contribution in [1.82, 2.24) is 31.1 Å². The molecule has 5 aliphatic heterocycles. The minimum Gasteiger partial charge on any atom is -0.507 e. The molecular formula is C94H129N7O29. The highest BCUT2D eigenvalue weighted by atomic mass is 16.7. The van der Waals surface area contributed by atoms with Gasteiger partial charge in [-0.3, -0.25) is 43.3 Å². The number of phenols is 2. The number of likely N-dealkylation sites (tertiary alicyclic amines) is 1. The number of anilines is 1. The van der Waals surface area contributed by atoms with Crippen LogP contribution in [-0.4, -0.2) is 340 Å². The van der Waals surface area contributed by atoms with E-state index in [-0.39, 0.29) is 116 Å². The Kier molecular flexibility index (Phi) is 39.7. The second-order valence-corrected chi connectivity index (χ2v) is 33.4. The molecule has 3 aliphatic carbocycles. The number of morpholine rings is 1. The number of ether oxygens (including phenoxy) is 18. The van der Waals surface area contributed by atoms with Gasteiger partial charge in [-0.15, -0.1) is 0 Å². The Morgan fingerprint density at radius 1 is 0.585 bits per heavy atom. The Labute approximate surface area is 758 Å². The van der Waals surface area contributed by atoms with Gasteiger partial charge < -0.3 is 132 Å². The zero-order valence-electron chi connectivity index (χ0n) is 75.2. The number of fused-ring (bicyclic) bond motifs is 8. The number of amides is 6. The first-order valence-electron chi connectivity index (χ1n) is 45.5. The summed E-state index contributed by atoms with van der Waals surface area (Å²) in [4.78, 5) is 119. The fourth-order valence-electron chi connectivity index (χ4n) is 17.8. The lowest BCUT2D eigenvalue weighted by molar-refractivity contribution is -0.256. The van der Waals surface area contributed by atoms with Gasteiger partial charge in [0.15, 0.2) is 24.6 Å². The normalized spacial score (nSPS) is 21.7. The van der Waals surface area contributed by atoms with Crippen molar-refractivity contribution in [2.45, 2.75) is 158 Å². The topological polar surface area (TPSA) is 421 Å². The number of phenolic OH excluding ortho intramolecular Hbond substituents is 2. The van der Waals surface area contributed by atoms with Gasteiger partial charge in [0.25, 0.3) is 5.91 Å². The van der Waals surface area contributed by atoms with Gasteiger partial charge in [-0.1, -0.05) is 54.3 Å². The largest absolute Gasteiger partial charge is 0.507 e. The fourth-order valence-corrected chi connectivity index (χ4v) is 17.8. The van der Waals surface area contributed by atoms with Gasteiger partial charge in [-0.2, -0.15) is 0 Å². The second-order valence-electron chi connectivity index (χ2n) is 33.4. The van der Waals surface area contributed by atoms with E-state index in [1.807, 2.05) is 53.4 Å². The Morgan fingerprint density at radius 2 is 1.14 bits per heavy atom. The average molecular weight is 1820 g/mol. The van der Waals surface area contributed by atoms with Gasteiger partial charge in [0, 0.05) is 132 Å². The lowest BCUT2D eigenvalue weighted by atomic mass is 9.65. The highest BCUT2D eigenvalue weighted by molar-refractivity contribution is 6.31. The summed E-state index contributed by atoms with van der Waals surface area (Å²) in [6.07, 6.45) is -0.267. The third-order valence-corrected chi connectivity index (χ3v) is 24.9. The number of nitrogens with zero attached hydrogens (tertiary/aromatic N) is 3. The van der Waals surface area contributed by atoms with Crippen LogP contribution >= 0.6 is 0 Å². The van der Waals surface area contributed by atoms with Crippen molar-refractivity contribution in [2.75, 3.05) is 224 Å². The van der Waals surface area contributed by atoms with Crippen molar-refractivity contribution in [3.8, 4) is 29.1 Å². The molecule has 36 nitrogen and oxygen atoms in total. The van der Waals surface area contributed by atoms with Gasteiger partial charge in [0.05, 0.1) is 207 Å². The maximum atomic E-state index is 14.7. The number of ketones is 2. The molecule has 5 heterocycles. The summed E-state index contributed by atoms with van der Waals surface area (Å²) in [7, 11) is 4.48. The van der Waals surface area contributed by atoms with Crippen LogP contribution < -0.4 is 30.9 Å². The first-order chi connectivity index (χ1) is 63.3. The molecule has 1 spiro atoms. The fraction of sp³-hybridized carbons (Fsp3) is 0.638. The molecule has 4 saturated heterocycles. The summed E-state index contributed by atoms with van der Waals surface area (Å²) in [5.74, 6) is 0.480. The molecular weight excluding hydrogens is 1690 g/mol. The lowest BCUT2D eigenvalue weighted by Gasteiger charge is -2.45. The number of benzene rings is 4. The SMILES string of the molecule is COCCOCCOCCOCCOCCOCCOCCOCCOCCOCCOCCOCCC(=O)NC[C@H](NC(=O)C1CCC2(CC1)CCN(C(=O)CCCCC(=O)N1Cc3ccccc3C#Cc3ccccc31)CC2)C(=O)NCCNC(=O)[C@]1(O)Cc2c(O)c3c(c(O)c2[C@@H](O[C@H]2C[C@H]4[C@H](O[C@@H]5[C@@H](OC)OCCN54)[C@H](C)O2)C1)C(=O)c1c(OC)cccc1C3=O. The molecule has 4 aromatic carbocycles. The minimum atomic E-state index is -2.44. The molecule has 130 heavy (non-hydrogen) atoms. The van der Waals surface area contributed by atoms with Gasteiger partial charge in [-0.25, -0.2) is 0 Å². The van der Waals surface area contributed by atoms with Gasteiger partial charge >= 0.3 is 0 Å². The van der Waals surface area contributed by atoms with E-state index < -0.39 is 119 Å². The predicted octanol–water partition coefficient (Wildman–Crippen LogP) is 4.51. The lowest BCUT2D eigenvalue weighted by Crippen LogP contribution is -2.56. The van der Waals surface area contributed by atoms with Gasteiger partial charge in [-0.05, 0) is 93.5 Å². The van der Waals surface area contributed by atoms with Gasteiger partial charge in [0.1, 0.15) is 35.0 Å². The van der Waals surface area contributed by atoms with Crippen LogP contribution in [0.25, 0.3) is 0 Å². The van der Waals surface area contributed by atoms with E-state index in [9.17, 15) is 53.7 Å². The number of methoxy groups -OCH3 is 3. The molecule has 1 saturated carbocycles. The van der Waals surface area contributed by atoms with E-state index in [0.29, 0.717) is 197 Å². The van der Waals surface area contributed by atoms with Crippen molar-refractivity contribution >= 4 is 52.7 Å². The Balaban J connectivity index is 0.578. The van der Waals surface area contributed by atoms with E-state index in [1.54, 1.807) is 18.9 Å². The molecule has 714 valence electrons. The average Bonchev–Trinajstić information content (AvgIpc) is 0.747. The number of aromatic hydroxyl groups is 2. The third-order valence-electron chi connectivity index (χ3n) is 24.9. The maximum absolute atomic E-state index is 14.7. The van der Waals surface area contributed by atoms with E-state index in [4.69, 9.17) is 85.3 Å². The summed E-state index contributed by atoms with van der Waals surface area (Å²) in [6, 6.07) is 18.3. The number of hydrogen-bond donors (Lipinski definition) is 7. The van der Waals surface area contributed by atoms with E-state index in [0.717, 1.165) is 48.1 Å². The van der Waals surface area contributed by atoms with Crippen LogP contribution in [0.4, 0.5) is 5.69 Å². The number of para-hydroxylation sites is 1. The number of nitrogens with one attached hydrogen (secondary N) is 4. The molecule has 0 radical (unpaired) electrons. The smallest absolute Gasteiger partial charge is 0.252 e. The number of carbonyl (C=O) groups excluding carboxylic acids is 8. The van der Waals surface area contributed by atoms with E-state index in [1.165, 1.54) is 32.4 Å². The molecule has 0 unspecified atom stereocenters.